The third-order valence-electron chi connectivity index (χ3n) is 3.33. The van der Waals surface area contributed by atoms with Gasteiger partial charge < -0.3 is 10.6 Å². The van der Waals surface area contributed by atoms with Crippen molar-refractivity contribution in [1.82, 2.24) is 10.6 Å². The average molecular weight is 337 g/mol. The van der Waals surface area contributed by atoms with Gasteiger partial charge in [0, 0.05) is 22.6 Å². The highest BCUT2D eigenvalue weighted by Gasteiger charge is 2.11. The summed E-state index contributed by atoms with van der Waals surface area (Å²) in [7, 11) is 0. The molecule has 0 heterocycles. The van der Waals surface area contributed by atoms with Gasteiger partial charge in [-0.25, -0.2) is 0 Å². The van der Waals surface area contributed by atoms with Crippen LogP contribution < -0.4 is 10.6 Å². The van der Waals surface area contributed by atoms with Crippen LogP contribution in [0.15, 0.2) is 48.5 Å². The van der Waals surface area contributed by atoms with Gasteiger partial charge in [-0.15, -0.1) is 0 Å². The van der Waals surface area contributed by atoms with E-state index in [-0.39, 0.29) is 18.5 Å². The molecule has 0 radical (unpaired) electrons. The van der Waals surface area contributed by atoms with Gasteiger partial charge in [-0.1, -0.05) is 59.6 Å². The first-order valence-electron chi connectivity index (χ1n) is 7.05. The monoisotopic (exact) mass is 336 g/mol. The van der Waals surface area contributed by atoms with E-state index in [1.165, 1.54) is 0 Å². The predicted octanol–water partition coefficient (Wildman–Crippen LogP) is 3.96. The Bertz CT molecular complexity index is 632. The van der Waals surface area contributed by atoms with E-state index in [0.717, 1.165) is 11.1 Å². The quantitative estimate of drug-likeness (QED) is 0.838. The number of carbonyl (C=O) groups is 1. The van der Waals surface area contributed by atoms with E-state index < -0.39 is 0 Å². The lowest BCUT2D eigenvalue weighted by Gasteiger charge is -2.16. The SMILES string of the molecule is C[C@@H](NCC(=O)NCc1ccccc1)c1ccc(Cl)cc1Cl. The maximum absolute atomic E-state index is 11.9. The first-order chi connectivity index (χ1) is 10.6. The Morgan fingerprint density at radius 1 is 1.14 bits per heavy atom. The standard InChI is InChI=1S/C17H18Cl2N2O/c1-12(15-8-7-14(18)9-16(15)19)20-11-17(22)21-10-13-5-3-2-4-6-13/h2-9,12,20H,10-11H2,1H3,(H,21,22)/t12-/m1/s1. The van der Waals surface area contributed by atoms with Crippen molar-refractivity contribution in [2.75, 3.05) is 6.54 Å². The summed E-state index contributed by atoms with van der Waals surface area (Å²) in [5.41, 5.74) is 1.99. The highest BCUT2D eigenvalue weighted by molar-refractivity contribution is 6.35. The molecule has 0 aliphatic heterocycles. The highest BCUT2D eigenvalue weighted by Crippen LogP contribution is 2.25. The molecule has 0 saturated heterocycles. The molecule has 0 spiro atoms. The van der Waals surface area contributed by atoms with Crippen LogP contribution in [0.25, 0.3) is 0 Å². The van der Waals surface area contributed by atoms with E-state index in [4.69, 9.17) is 23.2 Å². The second-order valence-corrected chi connectivity index (χ2v) is 5.87. The minimum Gasteiger partial charge on any atom is -0.351 e. The van der Waals surface area contributed by atoms with Crippen molar-refractivity contribution in [1.29, 1.82) is 0 Å². The summed E-state index contributed by atoms with van der Waals surface area (Å²) in [6.07, 6.45) is 0. The van der Waals surface area contributed by atoms with E-state index in [0.29, 0.717) is 16.6 Å². The maximum Gasteiger partial charge on any atom is 0.234 e. The molecule has 5 heteroatoms. The largest absolute Gasteiger partial charge is 0.351 e. The number of hydrogen-bond donors (Lipinski definition) is 2. The average Bonchev–Trinajstić information content (AvgIpc) is 2.51. The van der Waals surface area contributed by atoms with Crippen LogP contribution in [0.4, 0.5) is 0 Å². The molecule has 116 valence electrons. The molecule has 0 aliphatic rings. The maximum atomic E-state index is 11.9. The molecule has 0 aromatic heterocycles. The van der Waals surface area contributed by atoms with Gasteiger partial charge in [0.1, 0.15) is 0 Å². The van der Waals surface area contributed by atoms with Crippen molar-refractivity contribution in [3.8, 4) is 0 Å². The summed E-state index contributed by atoms with van der Waals surface area (Å²) >= 11 is 12.0. The van der Waals surface area contributed by atoms with Crippen LogP contribution >= 0.6 is 23.2 Å². The van der Waals surface area contributed by atoms with E-state index in [9.17, 15) is 4.79 Å². The first-order valence-corrected chi connectivity index (χ1v) is 7.81. The number of amides is 1. The van der Waals surface area contributed by atoms with Gasteiger partial charge >= 0.3 is 0 Å². The molecule has 0 fully saturated rings. The third kappa shape index (κ3) is 5.02. The number of benzene rings is 2. The Kier molecular flexibility index (Phi) is 6.25. The van der Waals surface area contributed by atoms with Gasteiger partial charge in [-0.2, -0.15) is 0 Å². The minimum absolute atomic E-state index is 0.0350. The molecule has 2 aromatic rings. The molecule has 2 rings (SSSR count). The first kappa shape index (κ1) is 16.8. The molecular formula is C17H18Cl2N2O. The lowest BCUT2D eigenvalue weighted by molar-refractivity contribution is -0.120. The Balaban J connectivity index is 1.80. The van der Waals surface area contributed by atoms with E-state index in [1.54, 1.807) is 12.1 Å². The summed E-state index contributed by atoms with van der Waals surface area (Å²) in [5, 5.41) is 7.22. The molecule has 2 N–H and O–H groups in total. The molecule has 22 heavy (non-hydrogen) atoms. The van der Waals surface area contributed by atoms with Gasteiger partial charge in [-0.05, 0) is 30.2 Å². The fraction of sp³-hybridized carbons (Fsp3) is 0.235. The number of nitrogens with one attached hydrogen (secondary N) is 2. The number of hydrogen-bond acceptors (Lipinski definition) is 2. The van der Waals surface area contributed by atoms with Crippen LogP contribution in [0.5, 0.6) is 0 Å². The molecule has 3 nitrogen and oxygen atoms in total. The lowest BCUT2D eigenvalue weighted by atomic mass is 10.1. The molecule has 0 bridgehead atoms. The zero-order valence-corrected chi connectivity index (χ0v) is 13.8. The Labute approximate surface area is 140 Å². The van der Waals surface area contributed by atoms with Crippen LogP contribution in [0.1, 0.15) is 24.1 Å². The molecule has 0 unspecified atom stereocenters. The van der Waals surface area contributed by atoms with Crippen molar-refractivity contribution < 1.29 is 4.79 Å². The summed E-state index contributed by atoms with van der Waals surface area (Å²) in [5.74, 6) is -0.0548. The van der Waals surface area contributed by atoms with Crippen molar-refractivity contribution in [2.24, 2.45) is 0 Å². The summed E-state index contributed by atoms with van der Waals surface area (Å²) in [4.78, 5) is 11.9. The van der Waals surface area contributed by atoms with Gasteiger partial charge in [0.15, 0.2) is 0 Å². The van der Waals surface area contributed by atoms with Crippen molar-refractivity contribution in [3.05, 3.63) is 69.7 Å². The third-order valence-corrected chi connectivity index (χ3v) is 3.89. The number of rotatable bonds is 6. The van der Waals surface area contributed by atoms with Crippen molar-refractivity contribution >= 4 is 29.1 Å². The van der Waals surface area contributed by atoms with Gasteiger partial charge in [0.05, 0.1) is 6.54 Å². The van der Waals surface area contributed by atoms with Crippen molar-refractivity contribution in [2.45, 2.75) is 19.5 Å². The summed E-state index contributed by atoms with van der Waals surface area (Å²) < 4.78 is 0. The zero-order chi connectivity index (χ0) is 15.9. The summed E-state index contributed by atoms with van der Waals surface area (Å²) in [6.45, 7) is 2.71. The number of carbonyl (C=O) groups excluding carboxylic acids is 1. The van der Waals surface area contributed by atoms with E-state index >= 15 is 0 Å². The van der Waals surface area contributed by atoms with Crippen LogP contribution in [0.3, 0.4) is 0 Å². The molecule has 0 aliphatic carbocycles. The fourth-order valence-electron chi connectivity index (χ4n) is 2.07. The van der Waals surface area contributed by atoms with Crippen LogP contribution in [-0.4, -0.2) is 12.5 Å². The molecule has 1 amide bonds. The van der Waals surface area contributed by atoms with Crippen LogP contribution in [-0.2, 0) is 11.3 Å². The second-order valence-electron chi connectivity index (χ2n) is 5.03. The van der Waals surface area contributed by atoms with Crippen LogP contribution in [0.2, 0.25) is 10.0 Å². The normalized spacial score (nSPS) is 12.0. The predicted molar refractivity (Wildman–Crippen MR) is 91.2 cm³/mol. The molecule has 1 atom stereocenters. The lowest BCUT2D eigenvalue weighted by Crippen LogP contribution is -2.34. The van der Waals surface area contributed by atoms with Gasteiger partial charge in [-0.3, -0.25) is 4.79 Å². The Morgan fingerprint density at radius 3 is 2.55 bits per heavy atom. The van der Waals surface area contributed by atoms with E-state index in [2.05, 4.69) is 10.6 Å². The summed E-state index contributed by atoms with van der Waals surface area (Å²) in [6, 6.07) is 15.1. The van der Waals surface area contributed by atoms with Crippen LogP contribution in [0, 0.1) is 0 Å². The van der Waals surface area contributed by atoms with Gasteiger partial charge in [0.25, 0.3) is 0 Å². The second kappa shape index (κ2) is 8.18. The molecule has 0 saturated carbocycles. The molecule has 2 aromatic carbocycles. The fourth-order valence-corrected chi connectivity index (χ4v) is 2.64. The smallest absolute Gasteiger partial charge is 0.234 e. The zero-order valence-electron chi connectivity index (χ0n) is 12.3. The molecular weight excluding hydrogens is 319 g/mol. The highest BCUT2D eigenvalue weighted by atomic mass is 35.5. The minimum atomic E-state index is -0.0548. The van der Waals surface area contributed by atoms with Crippen molar-refractivity contribution in [3.63, 3.8) is 0 Å². The van der Waals surface area contributed by atoms with E-state index in [1.807, 2.05) is 43.3 Å². The van der Waals surface area contributed by atoms with Gasteiger partial charge in [0.2, 0.25) is 5.91 Å². The Morgan fingerprint density at radius 2 is 1.86 bits per heavy atom. The number of halogens is 2. The Hall–Kier alpha value is -1.55. The topological polar surface area (TPSA) is 41.1 Å².